The zero-order chi connectivity index (χ0) is 14.3. The van der Waals surface area contributed by atoms with Gasteiger partial charge < -0.3 is 15.7 Å². The first-order chi connectivity index (χ1) is 9.06. The fourth-order valence-electron chi connectivity index (χ4n) is 2.16. The second-order valence-electron chi connectivity index (χ2n) is 4.50. The molecule has 6 heteroatoms. The van der Waals surface area contributed by atoms with Crippen LogP contribution in [-0.4, -0.2) is 40.2 Å². The van der Waals surface area contributed by atoms with E-state index in [1.165, 1.54) is 0 Å². The maximum atomic E-state index is 11.7. The van der Waals surface area contributed by atoms with Gasteiger partial charge in [-0.1, -0.05) is 6.92 Å². The number of hydrogen-bond acceptors (Lipinski definition) is 3. The van der Waals surface area contributed by atoms with Crippen molar-refractivity contribution in [3.8, 4) is 12.3 Å². The minimum Gasteiger partial charge on any atom is -0.480 e. The summed E-state index contributed by atoms with van der Waals surface area (Å²) >= 11 is 1.90. The second kappa shape index (κ2) is 7.95. The number of carbonyl (C=O) groups excluding carboxylic acids is 1. The van der Waals surface area contributed by atoms with Crippen LogP contribution in [-0.2, 0) is 4.79 Å². The van der Waals surface area contributed by atoms with Crippen molar-refractivity contribution in [3.63, 3.8) is 0 Å². The van der Waals surface area contributed by atoms with Gasteiger partial charge in [-0.3, -0.25) is 0 Å². The Kier molecular flexibility index (Phi) is 6.57. The smallest absolute Gasteiger partial charge is 0.327 e. The average Bonchev–Trinajstić information content (AvgIpc) is 2.76. The maximum absolute atomic E-state index is 11.7. The molecular weight excluding hydrogens is 264 g/mol. The van der Waals surface area contributed by atoms with Gasteiger partial charge in [-0.05, 0) is 25.0 Å². The van der Waals surface area contributed by atoms with Crippen molar-refractivity contribution in [1.29, 1.82) is 0 Å². The highest BCUT2D eigenvalue weighted by Crippen LogP contribution is 2.29. The molecule has 0 bridgehead atoms. The molecule has 3 atom stereocenters. The van der Waals surface area contributed by atoms with Crippen LogP contribution in [0.2, 0.25) is 0 Å². The van der Waals surface area contributed by atoms with Gasteiger partial charge in [-0.25, -0.2) is 9.59 Å². The van der Waals surface area contributed by atoms with Crippen LogP contribution in [0.5, 0.6) is 0 Å². The third-order valence-corrected chi connectivity index (χ3v) is 4.28. The first kappa shape index (κ1) is 15.7. The van der Waals surface area contributed by atoms with Gasteiger partial charge in [0.25, 0.3) is 0 Å². The third kappa shape index (κ3) is 5.43. The summed E-state index contributed by atoms with van der Waals surface area (Å²) in [6.07, 6.45) is 8.04. The van der Waals surface area contributed by atoms with E-state index in [0.29, 0.717) is 5.25 Å². The Bertz CT molecular complexity index is 367. The summed E-state index contributed by atoms with van der Waals surface area (Å²) in [5.74, 6) is 2.21. The molecule has 0 radical (unpaired) electrons. The highest BCUT2D eigenvalue weighted by Gasteiger charge is 2.27. The first-order valence-electron chi connectivity index (χ1n) is 6.41. The molecule has 0 aromatic heterocycles. The summed E-state index contributed by atoms with van der Waals surface area (Å²) in [5, 5.41) is 14.7. The number of carboxylic acids is 1. The molecule has 19 heavy (non-hydrogen) atoms. The number of urea groups is 1. The molecule has 3 unspecified atom stereocenters. The molecule has 0 aromatic carbocycles. The summed E-state index contributed by atoms with van der Waals surface area (Å²) in [5.41, 5.74) is 0. The Morgan fingerprint density at radius 1 is 1.53 bits per heavy atom. The van der Waals surface area contributed by atoms with Crippen LogP contribution < -0.4 is 10.6 Å². The monoisotopic (exact) mass is 284 g/mol. The summed E-state index contributed by atoms with van der Waals surface area (Å²) in [6.45, 7) is 2.12. The number of hydrogen-bond donors (Lipinski definition) is 3. The number of amides is 2. The van der Waals surface area contributed by atoms with E-state index in [9.17, 15) is 9.59 Å². The van der Waals surface area contributed by atoms with Crippen molar-refractivity contribution in [3.05, 3.63) is 0 Å². The molecule has 106 valence electrons. The van der Waals surface area contributed by atoms with Crippen LogP contribution in [0.1, 0.15) is 32.6 Å². The van der Waals surface area contributed by atoms with E-state index in [0.717, 1.165) is 25.0 Å². The van der Waals surface area contributed by atoms with Crippen molar-refractivity contribution in [1.82, 2.24) is 10.6 Å². The van der Waals surface area contributed by atoms with Crippen molar-refractivity contribution in [2.75, 3.05) is 5.75 Å². The Hall–Kier alpha value is -1.35. The lowest BCUT2D eigenvalue weighted by Crippen LogP contribution is -2.48. The van der Waals surface area contributed by atoms with Gasteiger partial charge >= 0.3 is 12.0 Å². The molecule has 1 saturated carbocycles. The number of aliphatic carboxylic acids is 1. The van der Waals surface area contributed by atoms with Gasteiger partial charge in [0, 0.05) is 17.7 Å². The van der Waals surface area contributed by atoms with Crippen LogP contribution in [0.25, 0.3) is 0 Å². The van der Waals surface area contributed by atoms with Crippen molar-refractivity contribution in [2.24, 2.45) is 0 Å². The molecule has 0 spiro atoms. The van der Waals surface area contributed by atoms with Crippen molar-refractivity contribution >= 4 is 23.8 Å². The van der Waals surface area contributed by atoms with Crippen molar-refractivity contribution in [2.45, 2.75) is 49.9 Å². The fourth-order valence-corrected chi connectivity index (χ4v) is 3.30. The highest BCUT2D eigenvalue weighted by atomic mass is 32.2. The number of nitrogens with one attached hydrogen (secondary N) is 2. The molecule has 3 N–H and O–H groups in total. The molecule has 1 aliphatic carbocycles. The summed E-state index contributed by atoms with van der Waals surface area (Å²) < 4.78 is 0. The zero-order valence-electron chi connectivity index (χ0n) is 11.0. The number of rotatable bonds is 6. The Morgan fingerprint density at radius 2 is 2.26 bits per heavy atom. The minimum absolute atomic E-state index is 0.0122. The zero-order valence-corrected chi connectivity index (χ0v) is 11.8. The molecule has 0 saturated heterocycles. The van der Waals surface area contributed by atoms with Crippen LogP contribution >= 0.6 is 11.8 Å². The van der Waals surface area contributed by atoms with Gasteiger partial charge in [-0.15, -0.1) is 12.3 Å². The van der Waals surface area contributed by atoms with E-state index in [1.807, 2.05) is 11.8 Å². The number of carbonyl (C=O) groups is 2. The molecule has 0 aliphatic heterocycles. The molecule has 2 amide bonds. The van der Waals surface area contributed by atoms with Crippen LogP contribution in [0.15, 0.2) is 0 Å². The van der Waals surface area contributed by atoms with Gasteiger partial charge in [0.1, 0.15) is 6.04 Å². The summed E-state index contributed by atoms with van der Waals surface area (Å²) in [4.78, 5) is 22.6. The molecule has 1 rings (SSSR count). The van der Waals surface area contributed by atoms with Crippen molar-refractivity contribution < 1.29 is 14.7 Å². The Labute approximate surface area is 117 Å². The quantitative estimate of drug-likeness (QED) is 0.645. The van der Waals surface area contributed by atoms with Crippen LogP contribution in [0.4, 0.5) is 4.79 Å². The molecule has 5 nitrogen and oxygen atoms in total. The van der Waals surface area contributed by atoms with Gasteiger partial charge in [0.15, 0.2) is 0 Å². The number of thioether (sulfide) groups is 1. The van der Waals surface area contributed by atoms with Crippen LogP contribution in [0, 0.1) is 12.3 Å². The third-order valence-electron chi connectivity index (χ3n) is 3.05. The van der Waals surface area contributed by atoms with Gasteiger partial charge in [0.05, 0.1) is 0 Å². The second-order valence-corrected chi connectivity index (χ2v) is 6.08. The van der Waals surface area contributed by atoms with E-state index in [4.69, 9.17) is 11.5 Å². The topological polar surface area (TPSA) is 78.4 Å². The lowest BCUT2D eigenvalue weighted by molar-refractivity contribution is -0.139. The molecular formula is C13H20N2O3S. The van der Waals surface area contributed by atoms with E-state index < -0.39 is 18.0 Å². The van der Waals surface area contributed by atoms with E-state index in [1.54, 1.807) is 0 Å². The van der Waals surface area contributed by atoms with E-state index >= 15 is 0 Å². The Balaban J connectivity index is 2.35. The predicted octanol–water partition coefficient (Wildman–Crippen LogP) is 1.44. The normalized spacial score (nSPS) is 23.4. The number of carboxylic acid groups (broad SMARTS) is 1. The lowest BCUT2D eigenvalue weighted by Gasteiger charge is -2.16. The summed E-state index contributed by atoms with van der Waals surface area (Å²) in [7, 11) is 0. The highest BCUT2D eigenvalue weighted by molar-refractivity contribution is 7.99. The standard InChI is InChI=1S/C13H20N2O3S/c1-3-5-11(12(16)17)15-13(18)14-9-6-7-10(8-9)19-4-2/h1,9-11H,4-8H2,2H3,(H,16,17)(H2,14,15,18). The molecule has 0 aromatic rings. The minimum atomic E-state index is -1.11. The predicted molar refractivity (Wildman–Crippen MR) is 76.1 cm³/mol. The van der Waals surface area contributed by atoms with Gasteiger partial charge in [0.2, 0.25) is 0 Å². The molecule has 1 aliphatic rings. The Morgan fingerprint density at radius 3 is 2.84 bits per heavy atom. The maximum Gasteiger partial charge on any atom is 0.327 e. The van der Waals surface area contributed by atoms with E-state index in [-0.39, 0.29) is 12.5 Å². The SMILES string of the molecule is C#CCC(NC(=O)NC1CCC(SCC)C1)C(=O)O. The average molecular weight is 284 g/mol. The fraction of sp³-hybridized carbons (Fsp3) is 0.692. The lowest BCUT2D eigenvalue weighted by atomic mass is 10.2. The largest absolute Gasteiger partial charge is 0.480 e. The van der Waals surface area contributed by atoms with Gasteiger partial charge in [-0.2, -0.15) is 11.8 Å². The number of terminal acetylenes is 1. The molecule has 0 heterocycles. The molecule has 1 fully saturated rings. The first-order valence-corrected chi connectivity index (χ1v) is 7.46. The van der Waals surface area contributed by atoms with E-state index in [2.05, 4.69) is 23.5 Å². The van der Waals surface area contributed by atoms with Crippen LogP contribution in [0.3, 0.4) is 0 Å². The summed E-state index contributed by atoms with van der Waals surface area (Å²) in [6, 6.07) is -1.34.